The average molecular weight is 156 g/mol. The summed E-state index contributed by atoms with van der Waals surface area (Å²) in [4.78, 5) is 10.6. The minimum atomic E-state index is -0.995. The maximum atomic E-state index is 10.6. The molecular weight excluding hydrogens is 144 g/mol. The fraction of sp³-hybridized carbons (Fsp3) is 0.625. The number of aliphatic hydroxyl groups is 1. The Morgan fingerprint density at radius 1 is 1.73 bits per heavy atom. The number of carbonyl (C=O) groups is 1. The van der Waals surface area contributed by atoms with E-state index in [9.17, 15) is 4.79 Å². The maximum Gasteiger partial charge on any atom is 0.312 e. The van der Waals surface area contributed by atoms with Gasteiger partial charge in [-0.25, -0.2) is 0 Å². The van der Waals surface area contributed by atoms with Crippen molar-refractivity contribution in [1.29, 1.82) is 0 Å². The van der Waals surface area contributed by atoms with E-state index in [0.717, 1.165) is 0 Å². The second kappa shape index (κ2) is 3.05. The molecule has 3 heteroatoms. The van der Waals surface area contributed by atoms with Crippen molar-refractivity contribution in [2.45, 2.75) is 26.6 Å². The molecule has 11 heavy (non-hydrogen) atoms. The molecule has 1 aliphatic heterocycles. The van der Waals surface area contributed by atoms with Crippen LogP contribution < -0.4 is 0 Å². The molecule has 1 heterocycles. The third-order valence-corrected chi connectivity index (χ3v) is 1.46. The van der Waals surface area contributed by atoms with Crippen LogP contribution in [0.2, 0.25) is 0 Å². The molecule has 1 aliphatic rings. The van der Waals surface area contributed by atoms with E-state index in [4.69, 9.17) is 5.11 Å². The molecule has 0 amide bonds. The first-order chi connectivity index (χ1) is 5.09. The molecule has 1 saturated heterocycles. The molecule has 1 fully saturated rings. The monoisotopic (exact) mass is 156 g/mol. The third-order valence-electron chi connectivity index (χ3n) is 1.46. The number of cyclic esters (lactones) is 1. The quantitative estimate of drug-likeness (QED) is 0.452. The van der Waals surface area contributed by atoms with Gasteiger partial charge in [-0.05, 0) is 5.92 Å². The first-order valence-corrected chi connectivity index (χ1v) is 3.67. The van der Waals surface area contributed by atoms with Gasteiger partial charge in [-0.2, -0.15) is 0 Å². The van der Waals surface area contributed by atoms with Crippen molar-refractivity contribution < 1.29 is 14.6 Å². The number of hydrogen-bond donors (Lipinski definition) is 1. The fourth-order valence-corrected chi connectivity index (χ4v) is 1.07. The molecule has 0 bridgehead atoms. The van der Waals surface area contributed by atoms with Crippen LogP contribution in [0, 0.1) is 5.92 Å². The Hall–Kier alpha value is -0.830. The van der Waals surface area contributed by atoms with Crippen molar-refractivity contribution in [3.05, 3.63) is 11.6 Å². The Bertz CT molecular complexity index is 194. The highest BCUT2D eigenvalue weighted by Crippen LogP contribution is 2.20. The zero-order valence-corrected chi connectivity index (χ0v) is 6.70. The molecule has 0 aliphatic carbocycles. The summed E-state index contributed by atoms with van der Waals surface area (Å²) in [6.07, 6.45) is 1.10. The SMILES string of the molecule is CC(C)C=C1CC(=O)OC1O. The normalized spacial score (nSPS) is 28.2. The number of rotatable bonds is 1. The van der Waals surface area contributed by atoms with E-state index >= 15 is 0 Å². The molecule has 1 N–H and O–H groups in total. The molecule has 0 aromatic rings. The van der Waals surface area contributed by atoms with Crippen molar-refractivity contribution in [3.63, 3.8) is 0 Å². The minimum absolute atomic E-state index is 0.235. The van der Waals surface area contributed by atoms with Crippen LogP contribution in [0.1, 0.15) is 20.3 Å². The molecule has 1 rings (SSSR count). The Labute approximate surface area is 65.7 Å². The van der Waals surface area contributed by atoms with E-state index < -0.39 is 6.29 Å². The first-order valence-electron chi connectivity index (χ1n) is 3.67. The molecule has 0 spiro atoms. The average Bonchev–Trinajstić information content (AvgIpc) is 2.09. The largest absolute Gasteiger partial charge is 0.432 e. The highest BCUT2D eigenvalue weighted by molar-refractivity contribution is 5.75. The van der Waals surface area contributed by atoms with E-state index in [1.165, 1.54) is 0 Å². The molecule has 0 saturated carbocycles. The summed E-state index contributed by atoms with van der Waals surface area (Å²) in [6.45, 7) is 3.98. The molecule has 0 aromatic carbocycles. The van der Waals surface area contributed by atoms with Crippen molar-refractivity contribution >= 4 is 5.97 Å². The number of allylic oxidation sites excluding steroid dienone is 1. The molecule has 62 valence electrons. The number of carbonyl (C=O) groups excluding carboxylic acids is 1. The predicted octanol–water partition coefficient (Wildman–Crippen LogP) is 0.834. The van der Waals surface area contributed by atoms with Gasteiger partial charge in [0.15, 0.2) is 0 Å². The first kappa shape index (κ1) is 8.27. The summed E-state index contributed by atoms with van der Waals surface area (Å²) < 4.78 is 4.52. The van der Waals surface area contributed by atoms with Crippen LogP contribution in [0.4, 0.5) is 0 Å². The zero-order chi connectivity index (χ0) is 8.43. The zero-order valence-electron chi connectivity index (χ0n) is 6.70. The van der Waals surface area contributed by atoms with Crippen molar-refractivity contribution in [3.8, 4) is 0 Å². The van der Waals surface area contributed by atoms with Crippen molar-refractivity contribution in [2.24, 2.45) is 5.92 Å². The maximum absolute atomic E-state index is 10.6. The van der Waals surface area contributed by atoms with Crippen LogP contribution in [0.3, 0.4) is 0 Å². The number of hydrogen-bond acceptors (Lipinski definition) is 3. The van der Waals surface area contributed by atoms with Crippen LogP contribution in [-0.4, -0.2) is 17.4 Å². The van der Waals surface area contributed by atoms with E-state index in [1.807, 2.05) is 19.9 Å². The van der Waals surface area contributed by atoms with Crippen LogP contribution in [0.25, 0.3) is 0 Å². The lowest BCUT2D eigenvalue weighted by atomic mass is 10.1. The van der Waals surface area contributed by atoms with Crippen molar-refractivity contribution in [2.75, 3.05) is 0 Å². The molecular formula is C8H12O3. The topological polar surface area (TPSA) is 46.5 Å². The summed E-state index contributed by atoms with van der Waals surface area (Å²) in [5.41, 5.74) is 0.685. The van der Waals surface area contributed by atoms with Gasteiger partial charge < -0.3 is 9.84 Å². The summed E-state index contributed by atoms with van der Waals surface area (Å²) in [7, 11) is 0. The highest BCUT2D eigenvalue weighted by Gasteiger charge is 2.26. The van der Waals surface area contributed by atoms with Crippen molar-refractivity contribution in [1.82, 2.24) is 0 Å². The second-order valence-corrected chi connectivity index (χ2v) is 3.00. The van der Waals surface area contributed by atoms with E-state index in [0.29, 0.717) is 11.5 Å². The predicted molar refractivity (Wildman–Crippen MR) is 39.6 cm³/mol. The van der Waals surface area contributed by atoms with Crippen LogP contribution in [0.15, 0.2) is 11.6 Å². The second-order valence-electron chi connectivity index (χ2n) is 3.00. The third kappa shape index (κ3) is 2.05. The Morgan fingerprint density at radius 2 is 2.36 bits per heavy atom. The standard InChI is InChI=1S/C8H12O3/c1-5(2)3-6-4-7(9)11-8(6)10/h3,5,8,10H,4H2,1-2H3. The van der Waals surface area contributed by atoms with Crippen LogP contribution in [-0.2, 0) is 9.53 Å². The van der Waals surface area contributed by atoms with E-state index in [2.05, 4.69) is 4.74 Å². The number of ether oxygens (including phenoxy) is 1. The van der Waals surface area contributed by atoms with Gasteiger partial charge in [-0.3, -0.25) is 4.79 Å². The smallest absolute Gasteiger partial charge is 0.312 e. The van der Waals surface area contributed by atoms with Gasteiger partial charge in [0.05, 0.1) is 6.42 Å². The molecule has 0 aromatic heterocycles. The summed E-state index contributed by atoms with van der Waals surface area (Å²) in [6, 6.07) is 0. The lowest BCUT2D eigenvalue weighted by Gasteiger charge is -2.02. The van der Waals surface area contributed by atoms with Gasteiger partial charge in [0.2, 0.25) is 6.29 Å². The molecule has 3 nitrogen and oxygen atoms in total. The van der Waals surface area contributed by atoms with Gasteiger partial charge in [0.25, 0.3) is 0 Å². The van der Waals surface area contributed by atoms with E-state index in [-0.39, 0.29) is 12.4 Å². The Morgan fingerprint density at radius 3 is 2.73 bits per heavy atom. The minimum Gasteiger partial charge on any atom is -0.432 e. The van der Waals surface area contributed by atoms with Crippen LogP contribution >= 0.6 is 0 Å². The summed E-state index contributed by atoms with van der Waals surface area (Å²) >= 11 is 0. The fourth-order valence-electron chi connectivity index (χ4n) is 1.07. The molecule has 1 unspecified atom stereocenters. The molecule has 1 atom stereocenters. The van der Waals surface area contributed by atoms with Crippen LogP contribution in [0.5, 0.6) is 0 Å². The highest BCUT2D eigenvalue weighted by atomic mass is 16.6. The number of aliphatic hydroxyl groups excluding tert-OH is 1. The summed E-state index contributed by atoms with van der Waals surface area (Å²) in [5.74, 6) is -0.00134. The van der Waals surface area contributed by atoms with Gasteiger partial charge in [-0.1, -0.05) is 19.9 Å². The Balaban J connectivity index is 2.66. The number of esters is 1. The van der Waals surface area contributed by atoms with E-state index in [1.54, 1.807) is 0 Å². The van der Waals surface area contributed by atoms with Gasteiger partial charge in [0.1, 0.15) is 0 Å². The lowest BCUT2D eigenvalue weighted by Crippen LogP contribution is -2.06. The van der Waals surface area contributed by atoms with Gasteiger partial charge >= 0.3 is 5.97 Å². The summed E-state index contributed by atoms with van der Waals surface area (Å²) in [5, 5.41) is 9.10. The molecule has 0 radical (unpaired) electrons. The lowest BCUT2D eigenvalue weighted by molar-refractivity contribution is -0.151. The van der Waals surface area contributed by atoms with Gasteiger partial charge in [0, 0.05) is 5.57 Å². The Kier molecular flexibility index (Phi) is 2.29. The van der Waals surface area contributed by atoms with Gasteiger partial charge in [-0.15, -0.1) is 0 Å².